The zero-order chi connectivity index (χ0) is 15.3. The molecular weight excluding hydrogens is 258 g/mol. The second-order valence-electron chi connectivity index (χ2n) is 5.46. The molecule has 0 radical (unpaired) electrons. The van der Waals surface area contributed by atoms with Gasteiger partial charge in [-0.3, -0.25) is 14.4 Å². The molecule has 1 rings (SSSR count). The SMILES string of the molecule is CC(=O)CC(=O)Nc1ccc(C(C)(C)CC(=O)O)cc1. The minimum absolute atomic E-state index is 0.0308. The number of rotatable bonds is 6. The van der Waals surface area contributed by atoms with E-state index in [2.05, 4.69) is 5.32 Å². The summed E-state index contributed by atoms with van der Waals surface area (Å²) in [6.07, 6.45) is -0.116. The molecule has 0 aliphatic rings. The topological polar surface area (TPSA) is 83.5 Å². The average Bonchev–Trinajstić information content (AvgIpc) is 2.26. The van der Waals surface area contributed by atoms with E-state index in [-0.39, 0.29) is 24.5 Å². The van der Waals surface area contributed by atoms with Crippen molar-refractivity contribution in [2.45, 2.75) is 39.0 Å². The summed E-state index contributed by atoms with van der Waals surface area (Å²) < 4.78 is 0. The Labute approximate surface area is 118 Å². The van der Waals surface area contributed by atoms with Crippen LogP contribution in [0.5, 0.6) is 0 Å². The third kappa shape index (κ3) is 4.84. The number of aliphatic carboxylic acids is 1. The van der Waals surface area contributed by atoms with Crippen LogP contribution in [0.1, 0.15) is 39.2 Å². The van der Waals surface area contributed by atoms with E-state index >= 15 is 0 Å². The van der Waals surface area contributed by atoms with Gasteiger partial charge in [-0.2, -0.15) is 0 Å². The van der Waals surface area contributed by atoms with E-state index in [1.54, 1.807) is 24.3 Å². The summed E-state index contributed by atoms with van der Waals surface area (Å²) in [6.45, 7) is 5.06. The first-order chi connectivity index (χ1) is 9.20. The lowest BCUT2D eigenvalue weighted by atomic mass is 9.81. The summed E-state index contributed by atoms with van der Waals surface area (Å²) in [6, 6.07) is 6.98. The standard InChI is InChI=1S/C15H19NO4/c1-10(17)8-13(18)16-12-6-4-11(5-7-12)15(2,3)9-14(19)20/h4-7H,8-9H2,1-3H3,(H,16,18)(H,19,20). The number of amides is 1. The number of nitrogens with one attached hydrogen (secondary N) is 1. The normalized spacial score (nSPS) is 10.9. The fraction of sp³-hybridized carbons (Fsp3) is 0.400. The first-order valence-corrected chi connectivity index (χ1v) is 6.32. The minimum atomic E-state index is -0.853. The van der Waals surface area contributed by atoms with E-state index in [0.717, 1.165) is 5.56 Å². The van der Waals surface area contributed by atoms with Crippen molar-refractivity contribution in [3.05, 3.63) is 29.8 Å². The maximum atomic E-state index is 11.4. The van der Waals surface area contributed by atoms with Crippen molar-refractivity contribution in [3.8, 4) is 0 Å². The van der Waals surface area contributed by atoms with Gasteiger partial charge >= 0.3 is 5.97 Å². The van der Waals surface area contributed by atoms with E-state index in [9.17, 15) is 14.4 Å². The predicted molar refractivity (Wildman–Crippen MR) is 75.6 cm³/mol. The van der Waals surface area contributed by atoms with Crippen molar-refractivity contribution in [2.75, 3.05) is 5.32 Å². The average molecular weight is 277 g/mol. The van der Waals surface area contributed by atoms with Gasteiger partial charge in [-0.25, -0.2) is 0 Å². The second kappa shape index (κ2) is 6.32. The number of Topliss-reactive ketones (excluding diaryl/α,β-unsaturated/α-hetero) is 1. The van der Waals surface area contributed by atoms with Gasteiger partial charge in [0, 0.05) is 11.1 Å². The number of benzene rings is 1. The summed E-state index contributed by atoms with van der Waals surface area (Å²) in [5.41, 5.74) is 0.990. The van der Waals surface area contributed by atoms with Crippen LogP contribution in [0.15, 0.2) is 24.3 Å². The number of carboxylic acids is 1. The Morgan fingerprint density at radius 2 is 1.70 bits per heavy atom. The van der Waals surface area contributed by atoms with E-state index < -0.39 is 11.4 Å². The first kappa shape index (κ1) is 15.9. The van der Waals surface area contributed by atoms with E-state index in [1.807, 2.05) is 13.8 Å². The molecule has 0 heterocycles. The molecule has 0 saturated heterocycles. The number of carbonyl (C=O) groups excluding carboxylic acids is 2. The molecule has 0 aliphatic carbocycles. The van der Waals surface area contributed by atoms with Crippen LogP contribution in [0.25, 0.3) is 0 Å². The predicted octanol–water partition coefficient (Wildman–Crippen LogP) is 2.36. The van der Waals surface area contributed by atoms with Crippen LogP contribution in [0.2, 0.25) is 0 Å². The number of hydrogen-bond acceptors (Lipinski definition) is 3. The molecule has 0 bridgehead atoms. The first-order valence-electron chi connectivity index (χ1n) is 6.32. The van der Waals surface area contributed by atoms with Gasteiger partial charge in [0.25, 0.3) is 0 Å². The quantitative estimate of drug-likeness (QED) is 0.782. The fourth-order valence-corrected chi connectivity index (χ4v) is 1.92. The highest BCUT2D eigenvalue weighted by Crippen LogP contribution is 2.28. The Morgan fingerprint density at radius 1 is 1.15 bits per heavy atom. The van der Waals surface area contributed by atoms with Crippen molar-refractivity contribution in [1.29, 1.82) is 0 Å². The molecular formula is C15H19NO4. The zero-order valence-corrected chi connectivity index (χ0v) is 11.9. The number of carbonyl (C=O) groups is 3. The molecule has 0 saturated carbocycles. The van der Waals surface area contributed by atoms with Gasteiger partial charge in [-0.15, -0.1) is 0 Å². The third-order valence-corrected chi connectivity index (χ3v) is 2.95. The van der Waals surface area contributed by atoms with Gasteiger partial charge in [0.05, 0.1) is 12.8 Å². The third-order valence-electron chi connectivity index (χ3n) is 2.95. The number of anilines is 1. The van der Waals surface area contributed by atoms with E-state index in [0.29, 0.717) is 5.69 Å². The largest absolute Gasteiger partial charge is 0.481 e. The van der Waals surface area contributed by atoms with Crippen molar-refractivity contribution >= 4 is 23.3 Å². The molecule has 1 aromatic rings. The Hall–Kier alpha value is -2.17. The molecule has 2 N–H and O–H groups in total. The van der Waals surface area contributed by atoms with Crippen molar-refractivity contribution in [3.63, 3.8) is 0 Å². The monoisotopic (exact) mass is 277 g/mol. The Balaban J connectivity index is 2.76. The van der Waals surface area contributed by atoms with E-state index in [4.69, 9.17) is 5.11 Å². The second-order valence-corrected chi connectivity index (χ2v) is 5.46. The van der Waals surface area contributed by atoms with Crippen LogP contribution in [-0.2, 0) is 19.8 Å². The zero-order valence-electron chi connectivity index (χ0n) is 11.9. The lowest BCUT2D eigenvalue weighted by molar-refractivity contribution is -0.138. The maximum Gasteiger partial charge on any atom is 0.304 e. The van der Waals surface area contributed by atoms with Crippen molar-refractivity contribution in [1.82, 2.24) is 0 Å². The highest BCUT2D eigenvalue weighted by atomic mass is 16.4. The van der Waals surface area contributed by atoms with Gasteiger partial charge < -0.3 is 10.4 Å². The summed E-state index contributed by atoms with van der Waals surface area (Å²) in [5.74, 6) is -1.40. The molecule has 108 valence electrons. The highest BCUT2D eigenvalue weighted by molar-refractivity contribution is 6.03. The van der Waals surface area contributed by atoms with Gasteiger partial charge in [0.1, 0.15) is 5.78 Å². The Bertz CT molecular complexity index is 517. The van der Waals surface area contributed by atoms with Gasteiger partial charge in [0.2, 0.25) is 5.91 Å². The Kier molecular flexibility index (Phi) is 5.02. The van der Waals surface area contributed by atoms with Crippen LogP contribution in [-0.4, -0.2) is 22.8 Å². The van der Waals surface area contributed by atoms with Gasteiger partial charge in [-0.05, 0) is 24.6 Å². The molecule has 0 aliphatic heterocycles. The Morgan fingerprint density at radius 3 is 2.15 bits per heavy atom. The highest BCUT2D eigenvalue weighted by Gasteiger charge is 2.23. The fourth-order valence-electron chi connectivity index (χ4n) is 1.92. The molecule has 0 atom stereocenters. The van der Waals surface area contributed by atoms with Crippen LogP contribution in [0.4, 0.5) is 5.69 Å². The van der Waals surface area contributed by atoms with Gasteiger partial charge in [-0.1, -0.05) is 26.0 Å². The molecule has 0 spiro atoms. The number of ketones is 1. The lowest BCUT2D eigenvalue weighted by Crippen LogP contribution is -2.21. The molecule has 1 aromatic carbocycles. The van der Waals surface area contributed by atoms with Crippen LogP contribution >= 0.6 is 0 Å². The summed E-state index contributed by atoms with van der Waals surface area (Å²) in [4.78, 5) is 33.1. The van der Waals surface area contributed by atoms with E-state index in [1.165, 1.54) is 6.92 Å². The number of hydrogen-bond donors (Lipinski definition) is 2. The van der Waals surface area contributed by atoms with Crippen LogP contribution in [0.3, 0.4) is 0 Å². The molecule has 5 nitrogen and oxygen atoms in total. The molecule has 0 aromatic heterocycles. The minimum Gasteiger partial charge on any atom is -0.481 e. The van der Waals surface area contributed by atoms with Crippen LogP contribution < -0.4 is 5.32 Å². The van der Waals surface area contributed by atoms with Gasteiger partial charge in [0.15, 0.2) is 0 Å². The molecule has 0 unspecified atom stereocenters. The molecule has 20 heavy (non-hydrogen) atoms. The summed E-state index contributed by atoms with van der Waals surface area (Å²) in [5, 5.41) is 11.5. The number of carboxylic acid groups (broad SMARTS) is 1. The molecule has 5 heteroatoms. The molecule has 0 fully saturated rings. The van der Waals surface area contributed by atoms with Crippen molar-refractivity contribution in [2.24, 2.45) is 0 Å². The van der Waals surface area contributed by atoms with Crippen LogP contribution in [0, 0.1) is 0 Å². The maximum absolute atomic E-state index is 11.4. The smallest absolute Gasteiger partial charge is 0.304 e. The summed E-state index contributed by atoms with van der Waals surface area (Å²) >= 11 is 0. The molecule has 1 amide bonds. The van der Waals surface area contributed by atoms with Crippen molar-refractivity contribution < 1.29 is 19.5 Å². The lowest BCUT2D eigenvalue weighted by Gasteiger charge is -2.23. The summed E-state index contributed by atoms with van der Waals surface area (Å²) in [7, 11) is 0.